The molecule has 0 aromatic carbocycles. The number of allylic oxidation sites excluding steroid dienone is 2. The third-order valence-electron chi connectivity index (χ3n) is 17.3. The minimum absolute atomic E-state index is 0. The zero-order chi connectivity index (χ0) is 83.7. The first-order chi connectivity index (χ1) is 47.6. The molecule has 0 unspecified atom stereocenters. The van der Waals surface area contributed by atoms with Crippen LogP contribution in [0.1, 0.15) is 183 Å². The molecular weight excluding hydrogens is 1600 g/mol. The van der Waals surface area contributed by atoms with Crippen molar-refractivity contribution in [2.45, 2.75) is 300 Å². The standard InChI is InChI=1S/C29H51Cl3N4O6Si.C21H34Cl3N3O6.C14H28O3Si.C4H9F3O3SSi.CH4/c1-11-12-15-22(42-43(9,10)28(6,7)8)19(4)24(37)34-23(18(2)3)25(38)33-20(5)26(39)36-16-13-14-21(35-36)27(40)41-17-29(30,31)32;1-12(2)14(10-16(28)33-20(4,5)6)17(29)25-13(3)18(30)27-9-7-8-15(26-27)19(31)32-11-21(22,23)24;1-8-9-10-12(11(2)13(15)16)17-18(6,7)14(3,4)5;1-12(2,3)10-11(8,9)4(5,6)7;/h11,18-23,35H,1,12-17H2,2-10H3,(H,33,38)(H,34,37);12-15,26H,7-11H2,1-6H3,(H,25,29);8,11-12H,1,9-10H2,2-7H3,(H,15,16);1-3H3;1H4/t19-,20+,21+,22-,23+;13-,14-,15-;11-,12-;;/m101../s1. The Morgan fingerprint density at radius 3 is 1.24 bits per heavy atom. The fourth-order valence-corrected chi connectivity index (χ4v) is 15.4. The minimum Gasteiger partial charge on any atom is -0.481 e. The molecule has 2 fully saturated rings. The highest BCUT2D eigenvalue weighted by Crippen LogP contribution is 2.40. The largest absolute Gasteiger partial charge is 0.522 e. The van der Waals surface area contributed by atoms with Gasteiger partial charge < -0.3 is 48.0 Å². The molecule has 0 radical (unpaired) electrons. The number of hydrogen-bond acceptors (Lipinski definition) is 19. The molecule has 0 aromatic rings. The number of amides is 5. The van der Waals surface area contributed by atoms with E-state index in [1.165, 1.54) is 36.6 Å². The number of carbonyl (C=O) groups is 9. The third kappa shape index (κ3) is 42.4. The number of halogens is 9. The van der Waals surface area contributed by atoms with Crippen molar-refractivity contribution in [3.05, 3.63) is 25.3 Å². The summed E-state index contributed by atoms with van der Waals surface area (Å²) < 4.78 is 84.4. The Balaban J connectivity index is -0.00000148. The fraction of sp³-hybridized carbons (Fsp3) is 0.812. The Morgan fingerprint density at radius 1 is 0.589 bits per heavy atom. The lowest BCUT2D eigenvalue weighted by Gasteiger charge is -2.41. The maximum Gasteiger partial charge on any atom is 0.522 e. The van der Waals surface area contributed by atoms with Crippen LogP contribution < -0.4 is 26.8 Å². The molecule has 0 saturated carbocycles. The average molecular weight is 1730 g/mol. The molecule has 2 heterocycles. The number of ether oxygens (including phenoxy) is 3. The van der Waals surface area contributed by atoms with Gasteiger partial charge in [-0.05, 0) is 161 Å². The number of esters is 3. The van der Waals surface area contributed by atoms with Gasteiger partial charge in [0.05, 0.1) is 36.4 Å². The van der Waals surface area contributed by atoms with Crippen molar-refractivity contribution in [2.75, 3.05) is 26.3 Å². The zero-order valence-corrected chi connectivity index (χ0v) is 74.6. The summed E-state index contributed by atoms with van der Waals surface area (Å²) in [6.45, 7) is 52.1. The number of nitrogens with one attached hydrogen (secondary N) is 5. The lowest BCUT2D eigenvalue weighted by Crippen LogP contribution is -2.61. The molecule has 0 aromatic heterocycles. The van der Waals surface area contributed by atoms with Gasteiger partial charge >= 0.3 is 39.5 Å². The molecule has 2 aliphatic heterocycles. The summed E-state index contributed by atoms with van der Waals surface area (Å²) in [6.07, 6.45) is 7.75. The molecule has 10 atom stereocenters. The molecule has 626 valence electrons. The average Bonchev–Trinajstić information content (AvgIpc) is 0.832. The number of alkyl halides is 9. The number of hydrogen-bond donors (Lipinski definition) is 6. The molecule has 2 rings (SSSR count). The van der Waals surface area contributed by atoms with Crippen molar-refractivity contribution in [3.8, 4) is 0 Å². The Kier molecular flexibility index (Phi) is 46.5. The van der Waals surface area contributed by atoms with Gasteiger partial charge in [0.25, 0.3) is 11.8 Å². The number of carboxylic acid groups (broad SMARTS) is 1. The molecule has 107 heavy (non-hydrogen) atoms. The Morgan fingerprint density at radius 2 is 0.953 bits per heavy atom. The highest BCUT2D eigenvalue weighted by atomic mass is 35.6. The maximum atomic E-state index is 13.4. The van der Waals surface area contributed by atoms with Gasteiger partial charge in [-0.25, -0.2) is 10.9 Å². The Bertz CT molecular complexity index is 3000. The summed E-state index contributed by atoms with van der Waals surface area (Å²) in [6, 6.07) is -4.29. The van der Waals surface area contributed by atoms with Crippen LogP contribution in [0.4, 0.5) is 13.2 Å². The second kappa shape index (κ2) is 46.1. The molecule has 5 amide bonds. The fourth-order valence-electron chi connectivity index (χ4n) is 9.17. The van der Waals surface area contributed by atoms with Crippen LogP contribution in [-0.4, -0.2) is 189 Å². The van der Waals surface area contributed by atoms with Crippen molar-refractivity contribution >= 4 is 158 Å². The van der Waals surface area contributed by atoms with Crippen LogP contribution in [0.3, 0.4) is 0 Å². The van der Waals surface area contributed by atoms with Crippen molar-refractivity contribution in [1.82, 2.24) is 36.8 Å². The van der Waals surface area contributed by atoms with Crippen molar-refractivity contribution in [3.63, 3.8) is 0 Å². The summed E-state index contributed by atoms with van der Waals surface area (Å²) in [7, 11) is -12.2. The van der Waals surface area contributed by atoms with Gasteiger partial charge in [-0.1, -0.05) is 165 Å². The molecule has 0 spiro atoms. The number of hydrazine groups is 2. The lowest BCUT2D eigenvalue weighted by atomic mass is 9.91. The quantitative estimate of drug-likeness (QED) is 0.00938. The second-order valence-corrected chi connectivity index (χ2v) is 52.8. The monoisotopic (exact) mass is 1720 g/mol. The SMILES string of the molecule is C.C=CCC[C@@H](O[Si](C)(C)C(C)(C)C)[C@@H](C)C(=O)N[C@H](C(=O)N[C@@H](C)C(=O)N1CCC[C@@H](C(=O)OCC(Cl)(Cl)Cl)N1)C(C)C.C=CCC[C@@H](O[Si](C)(C)C(C)(C)C)[C@@H](C)C(=O)O.CC(C)[C@H](CC(=O)OC(C)(C)C)C(=O)N[C@@H](C)C(=O)N1CCC[C@@H](C(=O)OCC(Cl)(Cl)Cl)N1.C[Si](C)(C)OS(=O)(=O)C(F)(F)F. The summed E-state index contributed by atoms with van der Waals surface area (Å²) in [5.41, 5.74) is -0.320. The minimum atomic E-state index is -5.39. The van der Waals surface area contributed by atoms with Crippen LogP contribution >= 0.6 is 69.6 Å². The van der Waals surface area contributed by atoms with E-state index in [4.69, 9.17) is 97.8 Å². The van der Waals surface area contributed by atoms with E-state index in [2.05, 4.69) is 112 Å². The zero-order valence-electron chi connectivity index (χ0n) is 66.3. The highest BCUT2D eigenvalue weighted by molar-refractivity contribution is 7.88. The van der Waals surface area contributed by atoms with Gasteiger partial charge in [0, 0.05) is 13.1 Å². The van der Waals surface area contributed by atoms with Gasteiger partial charge in [0.1, 0.15) is 49.0 Å². The predicted octanol–water partition coefficient (Wildman–Crippen LogP) is 14.3. The number of nitrogens with zero attached hydrogens (tertiary/aromatic N) is 2. The molecule has 38 heteroatoms. The first-order valence-corrected chi connectivity index (χ1v) is 48.1. The first kappa shape index (κ1) is 108. The number of carboxylic acids is 1. The Hall–Kier alpha value is -3.36. The summed E-state index contributed by atoms with van der Waals surface area (Å²) >= 11 is 33.7. The van der Waals surface area contributed by atoms with Crippen LogP contribution in [0, 0.1) is 29.6 Å². The van der Waals surface area contributed by atoms with E-state index in [0.29, 0.717) is 51.6 Å². The summed E-state index contributed by atoms with van der Waals surface area (Å²) in [5.74, 6) is -6.70. The normalized spacial score (nSPS) is 17.9. The van der Waals surface area contributed by atoms with E-state index >= 15 is 0 Å². The van der Waals surface area contributed by atoms with Gasteiger partial charge in [-0.3, -0.25) is 53.2 Å². The lowest BCUT2D eigenvalue weighted by molar-refractivity contribution is -0.158. The van der Waals surface area contributed by atoms with Crippen LogP contribution in [0.25, 0.3) is 0 Å². The maximum absolute atomic E-state index is 13.4. The molecule has 0 aliphatic carbocycles. The number of rotatable bonds is 31. The molecule has 2 saturated heterocycles. The van der Waals surface area contributed by atoms with E-state index in [0.717, 1.165) is 12.8 Å². The molecule has 25 nitrogen and oxygen atoms in total. The van der Waals surface area contributed by atoms with Gasteiger partial charge in [0.15, 0.2) is 16.6 Å². The van der Waals surface area contributed by atoms with Crippen molar-refractivity contribution < 1.29 is 96.8 Å². The van der Waals surface area contributed by atoms with Gasteiger partial charge in [0.2, 0.25) is 33.6 Å². The van der Waals surface area contributed by atoms with Crippen LogP contribution in [0.5, 0.6) is 0 Å². The smallest absolute Gasteiger partial charge is 0.481 e. The number of carbonyl (C=O) groups excluding carboxylic acids is 8. The molecule has 2 aliphatic rings. The van der Waals surface area contributed by atoms with Crippen LogP contribution in [0.15, 0.2) is 25.3 Å². The van der Waals surface area contributed by atoms with Gasteiger partial charge in [-0.15, -0.1) is 13.2 Å². The van der Waals surface area contributed by atoms with E-state index in [-0.39, 0.29) is 53.9 Å². The summed E-state index contributed by atoms with van der Waals surface area (Å²) in [4.78, 5) is 114. The molecular formula is C69H126Cl6F3N7O18SSi3. The highest BCUT2D eigenvalue weighted by Gasteiger charge is 2.50. The first-order valence-electron chi connectivity index (χ1n) is 35.2. The van der Waals surface area contributed by atoms with Crippen LogP contribution in [-0.2, 0) is 80.2 Å². The van der Waals surface area contributed by atoms with E-state index in [1.807, 2.05) is 46.8 Å². The third-order valence-corrected chi connectivity index (χ3v) is 30.4. The van der Waals surface area contributed by atoms with Crippen molar-refractivity contribution in [1.29, 1.82) is 0 Å². The predicted molar refractivity (Wildman–Crippen MR) is 424 cm³/mol. The molecule has 6 N–H and O–H groups in total. The van der Waals surface area contributed by atoms with Crippen LogP contribution in [0.2, 0.25) is 55.9 Å². The summed E-state index contributed by atoms with van der Waals surface area (Å²) in [5, 5.41) is 20.1. The number of aliphatic carboxylic acids is 1. The second-order valence-electron chi connectivity index (χ2n) is 32.0. The van der Waals surface area contributed by atoms with Crippen molar-refractivity contribution in [2.24, 2.45) is 29.6 Å². The topological polar surface area (TPSA) is 330 Å². The van der Waals surface area contributed by atoms with E-state index < -0.39 is 162 Å². The van der Waals surface area contributed by atoms with E-state index in [9.17, 15) is 64.7 Å². The van der Waals surface area contributed by atoms with Gasteiger partial charge in [-0.2, -0.15) is 21.6 Å². The molecule has 0 bridgehead atoms. The van der Waals surface area contributed by atoms with E-state index in [1.54, 1.807) is 34.6 Å². The Labute approximate surface area is 668 Å².